The number of amides is 1. The lowest BCUT2D eigenvalue weighted by Gasteiger charge is -2.32. The summed E-state index contributed by atoms with van der Waals surface area (Å²) in [6, 6.07) is 3.45. The maximum atomic E-state index is 13.1. The first-order valence-corrected chi connectivity index (χ1v) is 14.9. The average Bonchev–Trinajstić information content (AvgIpc) is 3.41. The van der Waals surface area contributed by atoms with Gasteiger partial charge in [0.25, 0.3) is 0 Å². The molecule has 10 heteroatoms. The summed E-state index contributed by atoms with van der Waals surface area (Å²) in [6.07, 6.45) is 2.58. The number of sulfonamides is 1. The highest BCUT2D eigenvalue weighted by atomic mass is 32.2. The van der Waals surface area contributed by atoms with Gasteiger partial charge in [-0.1, -0.05) is 0 Å². The van der Waals surface area contributed by atoms with E-state index in [-0.39, 0.29) is 25.7 Å². The van der Waals surface area contributed by atoms with Crippen molar-refractivity contribution in [2.24, 2.45) is 17.8 Å². The highest BCUT2D eigenvalue weighted by molar-refractivity contribution is 7.89. The van der Waals surface area contributed by atoms with E-state index >= 15 is 0 Å². The van der Waals surface area contributed by atoms with E-state index in [0.29, 0.717) is 33.6 Å². The minimum absolute atomic E-state index is 0.00335. The minimum Gasteiger partial charge on any atom is -0.497 e. The number of rotatable bonds is 10. The Morgan fingerprint density at radius 3 is 2.22 bits per heavy atom. The first-order chi connectivity index (χ1) is 17.6. The second-order valence-corrected chi connectivity index (χ2v) is 13.2. The molecule has 0 aromatic heterocycles. The second kappa shape index (κ2) is 12.0. The normalized spacial score (nSPS) is 23.7. The number of hydrogen-bond donors (Lipinski definition) is 0. The molecule has 37 heavy (non-hydrogen) atoms. The summed E-state index contributed by atoms with van der Waals surface area (Å²) < 4.78 is 38.4. The van der Waals surface area contributed by atoms with Gasteiger partial charge < -0.3 is 24.2 Å². The molecule has 3 fully saturated rings. The van der Waals surface area contributed by atoms with Crippen LogP contribution in [0.3, 0.4) is 0 Å². The maximum absolute atomic E-state index is 13.1. The van der Waals surface area contributed by atoms with E-state index in [1.54, 1.807) is 40.1 Å². The van der Waals surface area contributed by atoms with Crippen molar-refractivity contribution in [1.82, 2.24) is 19.0 Å². The molecule has 0 bridgehead atoms. The molecule has 0 saturated carbocycles. The zero-order valence-corrected chi connectivity index (χ0v) is 23.9. The van der Waals surface area contributed by atoms with Gasteiger partial charge in [-0.3, -0.25) is 4.79 Å². The van der Waals surface area contributed by atoms with E-state index in [4.69, 9.17) is 9.47 Å². The number of hydrogen-bond acceptors (Lipinski definition) is 7. The number of aryl methyl sites for hydroxylation is 2. The van der Waals surface area contributed by atoms with Crippen LogP contribution in [0.25, 0.3) is 0 Å². The molecule has 0 spiro atoms. The van der Waals surface area contributed by atoms with Gasteiger partial charge in [0.1, 0.15) is 12.4 Å². The van der Waals surface area contributed by atoms with Crippen LogP contribution in [0.15, 0.2) is 17.0 Å². The van der Waals surface area contributed by atoms with Gasteiger partial charge in [0.15, 0.2) is 0 Å². The number of methoxy groups -OCH3 is 1. The zero-order chi connectivity index (χ0) is 26.7. The summed E-state index contributed by atoms with van der Waals surface area (Å²) in [5.74, 6) is 2.56. The number of carbonyl (C=O) groups excluding carboxylic acids is 1. The summed E-state index contributed by atoms with van der Waals surface area (Å²) in [5.41, 5.74) is 1.29. The van der Waals surface area contributed by atoms with Gasteiger partial charge in [-0.05, 0) is 87.8 Å². The van der Waals surface area contributed by atoms with Gasteiger partial charge in [0.05, 0.1) is 18.6 Å². The summed E-state index contributed by atoms with van der Waals surface area (Å²) >= 11 is 0. The number of fused-ring (bicyclic) bond motifs is 1. The second-order valence-electron chi connectivity index (χ2n) is 11.3. The van der Waals surface area contributed by atoms with Crippen LogP contribution in [0, 0.1) is 31.6 Å². The van der Waals surface area contributed by atoms with Crippen LogP contribution in [0.4, 0.5) is 0 Å². The predicted molar refractivity (Wildman–Crippen MR) is 143 cm³/mol. The van der Waals surface area contributed by atoms with Crippen LogP contribution >= 0.6 is 0 Å². The molecular formula is C27H44N4O5S. The maximum Gasteiger partial charge on any atom is 0.248 e. The Labute approximate surface area is 222 Å². The van der Waals surface area contributed by atoms with Crippen LogP contribution in [0.1, 0.15) is 24.0 Å². The van der Waals surface area contributed by atoms with Crippen molar-refractivity contribution in [1.29, 1.82) is 0 Å². The van der Waals surface area contributed by atoms with Gasteiger partial charge in [-0.2, -0.15) is 4.31 Å². The largest absolute Gasteiger partial charge is 0.497 e. The predicted octanol–water partition coefficient (Wildman–Crippen LogP) is 1.68. The Morgan fingerprint density at radius 1 is 1.05 bits per heavy atom. The van der Waals surface area contributed by atoms with E-state index in [0.717, 1.165) is 32.1 Å². The molecule has 1 aromatic rings. The molecule has 3 aliphatic rings. The number of benzene rings is 1. The summed E-state index contributed by atoms with van der Waals surface area (Å²) in [7, 11) is 1.64. The number of likely N-dealkylation sites (tertiary alicyclic amines) is 3. The Hall–Kier alpha value is -1.72. The third kappa shape index (κ3) is 6.65. The van der Waals surface area contributed by atoms with Gasteiger partial charge in [0, 0.05) is 46.3 Å². The molecular weight excluding hydrogens is 492 g/mol. The molecule has 0 N–H and O–H groups in total. The van der Waals surface area contributed by atoms with Gasteiger partial charge in [0.2, 0.25) is 15.9 Å². The van der Waals surface area contributed by atoms with Crippen molar-refractivity contribution in [3.63, 3.8) is 0 Å². The van der Waals surface area contributed by atoms with Crippen molar-refractivity contribution < 1.29 is 22.7 Å². The molecule has 9 nitrogen and oxygen atoms in total. The fraction of sp³-hybridized carbons (Fsp3) is 0.741. The SMILES string of the molecule is COc1cc(C)c(S(=O)(=O)N(C)CCOCC(=O)N2C[C@H]3CN(CC4CCN(C)CC4)C[C@H]3C2)c(C)c1. The first-order valence-electron chi connectivity index (χ1n) is 13.5. The number of likely N-dealkylation sites (N-methyl/N-ethyl adjacent to an activating group) is 1. The van der Waals surface area contributed by atoms with Crippen molar-refractivity contribution in [2.75, 3.05) is 86.8 Å². The lowest BCUT2D eigenvalue weighted by Crippen LogP contribution is -2.39. The smallest absolute Gasteiger partial charge is 0.248 e. The van der Waals surface area contributed by atoms with Crippen molar-refractivity contribution in [3.8, 4) is 5.75 Å². The minimum atomic E-state index is -3.68. The molecule has 4 rings (SSSR count). The standard InChI is InChI=1S/C27H44N4O5S/c1-20-12-25(35-5)13-21(2)27(20)37(33,34)29(4)10-11-36-19-26(32)31-17-23-15-30(16-24(23)18-31)14-22-6-8-28(3)9-7-22/h12-13,22-24H,6-11,14-19H2,1-5H3/t23-,24+. The van der Waals surface area contributed by atoms with Gasteiger partial charge in [-0.25, -0.2) is 8.42 Å². The Bertz CT molecular complexity index is 1020. The Kier molecular flexibility index (Phi) is 9.17. The van der Waals surface area contributed by atoms with Crippen LogP contribution in [-0.2, 0) is 19.6 Å². The molecule has 3 aliphatic heterocycles. The third-order valence-corrected chi connectivity index (χ3v) is 10.5. The highest BCUT2D eigenvalue weighted by Crippen LogP contribution is 2.32. The summed E-state index contributed by atoms with van der Waals surface area (Å²) in [4.78, 5) is 20.0. The van der Waals surface area contributed by atoms with E-state index < -0.39 is 10.0 Å². The summed E-state index contributed by atoms with van der Waals surface area (Å²) in [6.45, 7) is 11.3. The molecule has 1 aromatic carbocycles. The van der Waals surface area contributed by atoms with Crippen LogP contribution in [0.5, 0.6) is 5.75 Å². The van der Waals surface area contributed by atoms with E-state index in [2.05, 4.69) is 16.8 Å². The molecule has 208 valence electrons. The first kappa shape index (κ1) is 28.3. The quantitative estimate of drug-likeness (QED) is 0.421. The zero-order valence-electron chi connectivity index (χ0n) is 23.1. The molecule has 0 radical (unpaired) electrons. The molecule has 1 amide bonds. The van der Waals surface area contributed by atoms with Crippen LogP contribution in [0.2, 0.25) is 0 Å². The molecule has 3 heterocycles. The van der Waals surface area contributed by atoms with E-state index in [1.807, 2.05) is 4.90 Å². The van der Waals surface area contributed by atoms with Gasteiger partial charge in [-0.15, -0.1) is 0 Å². The molecule has 0 unspecified atom stereocenters. The van der Waals surface area contributed by atoms with E-state index in [1.165, 1.54) is 36.8 Å². The molecule has 3 saturated heterocycles. The van der Waals surface area contributed by atoms with Gasteiger partial charge >= 0.3 is 0 Å². The van der Waals surface area contributed by atoms with Crippen molar-refractivity contribution in [2.45, 2.75) is 31.6 Å². The number of ether oxygens (including phenoxy) is 2. The Morgan fingerprint density at radius 2 is 1.65 bits per heavy atom. The fourth-order valence-corrected chi connectivity index (χ4v) is 7.77. The number of carbonyl (C=O) groups is 1. The number of nitrogens with zero attached hydrogens (tertiary/aromatic N) is 4. The van der Waals surface area contributed by atoms with Crippen molar-refractivity contribution in [3.05, 3.63) is 23.3 Å². The van der Waals surface area contributed by atoms with Crippen molar-refractivity contribution >= 4 is 15.9 Å². The lowest BCUT2D eigenvalue weighted by atomic mass is 9.96. The third-order valence-electron chi connectivity index (χ3n) is 8.38. The highest BCUT2D eigenvalue weighted by Gasteiger charge is 2.41. The number of piperidine rings is 1. The average molecular weight is 537 g/mol. The fourth-order valence-electron chi connectivity index (χ4n) is 6.21. The Balaban J connectivity index is 1.18. The van der Waals surface area contributed by atoms with Crippen LogP contribution < -0.4 is 4.74 Å². The molecule has 0 aliphatic carbocycles. The summed E-state index contributed by atoms with van der Waals surface area (Å²) in [5, 5.41) is 0. The monoisotopic (exact) mass is 536 g/mol. The van der Waals surface area contributed by atoms with Crippen LogP contribution in [-0.4, -0.2) is 120 Å². The lowest BCUT2D eigenvalue weighted by molar-refractivity contribution is -0.135. The topological polar surface area (TPSA) is 82.6 Å². The molecule has 2 atom stereocenters. The van der Waals surface area contributed by atoms with E-state index in [9.17, 15) is 13.2 Å².